The third kappa shape index (κ3) is 2.95. The van der Waals surface area contributed by atoms with Crippen molar-refractivity contribution in [1.82, 2.24) is 10.3 Å². The van der Waals surface area contributed by atoms with Crippen LogP contribution in [0.3, 0.4) is 0 Å². The van der Waals surface area contributed by atoms with Crippen LogP contribution in [0.5, 0.6) is 0 Å². The average molecular weight is 268 g/mol. The molecular formula is C11H10ClN3OS. The van der Waals surface area contributed by atoms with E-state index in [1.807, 2.05) is 16.8 Å². The lowest BCUT2D eigenvalue weighted by Gasteiger charge is -2.06. The van der Waals surface area contributed by atoms with Gasteiger partial charge in [-0.05, 0) is 28.5 Å². The molecular weight excluding hydrogens is 258 g/mol. The van der Waals surface area contributed by atoms with E-state index in [-0.39, 0.29) is 11.1 Å². The fraction of sp³-hybridized carbons (Fsp3) is 0.0909. The Balaban J connectivity index is 2.07. The van der Waals surface area contributed by atoms with Gasteiger partial charge < -0.3 is 11.1 Å². The van der Waals surface area contributed by atoms with Crippen LogP contribution in [-0.2, 0) is 6.54 Å². The number of aromatic nitrogens is 1. The Kier molecular flexibility index (Phi) is 3.61. The summed E-state index contributed by atoms with van der Waals surface area (Å²) in [4.78, 5) is 15.6. The van der Waals surface area contributed by atoms with E-state index in [0.29, 0.717) is 17.8 Å². The molecule has 0 unspecified atom stereocenters. The summed E-state index contributed by atoms with van der Waals surface area (Å²) in [5, 5.41) is 6.95. The number of nitrogens with zero attached hydrogens (tertiary/aromatic N) is 1. The normalized spacial score (nSPS) is 10.2. The van der Waals surface area contributed by atoms with E-state index in [2.05, 4.69) is 10.3 Å². The summed E-state index contributed by atoms with van der Waals surface area (Å²) in [7, 11) is 0. The molecule has 17 heavy (non-hydrogen) atoms. The Morgan fingerprint density at radius 1 is 1.59 bits per heavy atom. The van der Waals surface area contributed by atoms with E-state index in [1.165, 1.54) is 12.3 Å². The molecule has 0 aliphatic rings. The highest BCUT2D eigenvalue weighted by atomic mass is 35.5. The Labute approximate surface area is 107 Å². The number of nitrogens with one attached hydrogen (secondary N) is 1. The monoisotopic (exact) mass is 267 g/mol. The number of nitrogen functional groups attached to an aromatic ring is 1. The second kappa shape index (κ2) is 5.16. The van der Waals surface area contributed by atoms with Crippen LogP contribution in [0, 0.1) is 0 Å². The van der Waals surface area contributed by atoms with Crippen LogP contribution in [-0.4, -0.2) is 10.9 Å². The van der Waals surface area contributed by atoms with E-state index in [1.54, 1.807) is 11.3 Å². The lowest BCUT2D eigenvalue weighted by molar-refractivity contribution is 0.0951. The van der Waals surface area contributed by atoms with Gasteiger partial charge in [0.05, 0.1) is 17.4 Å². The zero-order chi connectivity index (χ0) is 12.3. The molecule has 2 aromatic heterocycles. The molecule has 0 spiro atoms. The summed E-state index contributed by atoms with van der Waals surface area (Å²) < 4.78 is 0. The Morgan fingerprint density at radius 3 is 3.12 bits per heavy atom. The number of amides is 1. The molecule has 0 aliphatic heterocycles. The number of hydrogen-bond acceptors (Lipinski definition) is 4. The van der Waals surface area contributed by atoms with Crippen molar-refractivity contribution in [3.8, 4) is 0 Å². The van der Waals surface area contributed by atoms with E-state index < -0.39 is 0 Å². The van der Waals surface area contributed by atoms with Crippen LogP contribution < -0.4 is 11.1 Å². The molecule has 2 aromatic rings. The van der Waals surface area contributed by atoms with Crippen molar-refractivity contribution in [2.75, 3.05) is 5.73 Å². The smallest absolute Gasteiger partial charge is 0.253 e. The summed E-state index contributed by atoms with van der Waals surface area (Å²) in [6, 6.07) is 3.41. The quantitative estimate of drug-likeness (QED) is 0.839. The zero-order valence-corrected chi connectivity index (χ0v) is 10.4. The third-order valence-electron chi connectivity index (χ3n) is 2.18. The maximum atomic E-state index is 11.8. The molecule has 0 atom stereocenters. The summed E-state index contributed by atoms with van der Waals surface area (Å²) in [5.74, 6) is -0.252. The third-order valence-corrected chi connectivity index (χ3v) is 3.12. The largest absolute Gasteiger partial charge is 0.397 e. The van der Waals surface area contributed by atoms with Gasteiger partial charge in [-0.1, -0.05) is 11.6 Å². The van der Waals surface area contributed by atoms with E-state index in [9.17, 15) is 4.79 Å². The minimum Gasteiger partial charge on any atom is -0.397 e. The molecule has 0 aromatic carbocycles. The van der Waals surface area contributed by atoms with Crippen molar-refractivity contribution in [3.63, 3.8) is 0 Å². The number of thiophene rings is 1. The second-order valence-electron chi connectivity index (χ2n) is 3.41. The number of rotatable bonds is 3. The summed E-state index contributed by atoms with van der Waals surface area (Å²) in [6.45, 7) is 0.474. The van der Waals surface area contributed by atoms with Gasteiger partial charge in [0.2, 0.25) is 0 Å². The highest BCUT2D eigenvalue weighted by Gasteiger charge is 2.10. The SMILES string of the molecule is Nc1cnc(Cl)cc1C(=O)NCc1ccsc1. The van der Waals surface area contributed by atoms with Gasteiger partial charge in [0.15, 0.2) is 0 Å². The fourth-order valence-electron chi connectivity index (χ4n) is 1.31. The van der Waals surface area contributed by atoms with Crippen molar-refractivity contribution in [2.24, 2.45) is 0 Å². The van der Waals surface area contributed by atoms with Crippen molar-refractivity contribution < 1.29 is 4.79 Å². The highest BCUT2D eigenvalue weighted by Crippen LogP contribution is 2.15. The minimum atomic E-state index is -0.252. The van der Waals surface area contributed by atoms with Gasteiger partial charge in [-0.25, -0.2) is 4.98 Å². The molecule has 6 heteroatoms. The number of anilines is 1. The minimum absolute atomic E-state index is 0.250. The van der Waals surface area contributed by atoms with Gasteiger partial charge in [-0.2, -0.15) is 11.3 Å². The molecule has 0 fully saturated rings. The molecule has 0 saturated carbocycles. The summed E-state index contributed by atoms with van der Waals surface area (Å²) in [6.07, 6.45) is 1.38. The lowest BCUT2D eigenvalue weighted by Crippen LogP contribution is -2.23. The second-order valence-corrected chi connectivity index (χ2v) is 4.58. The van der Waals surface area contributed by atoms with E-state index in [0.717, 1.165) is 5.56 Å². The number of pyridine rings is 1. The van der Waals surface area contributed by atoms with Crippen LogP contribution >= 0.6 is 22.9 Å². The van der Waals surface area contributed by atoms with Crippen molar-refractivity contribution in [1.29, 1.82) is 0 Å². The number of carbonyl (C=O) groups excluding carboxylic acids is 1. The van der Waals surface area contributed by atoms with Gasteiger partial charge >= 0.3 is 0 Å². The standard InChI is InChI=1S/C11H10ClN3OS/c12-10-3-8(9(13)5-14-10)11(16)15-4-7-1-2-17-6-7/h1-3,5-6H,4,13H2,(H,15,16). The molecule has 0 aliphatic carbocycles. The first-order valence-electron chi connectivity index (χ1n) is 4.87. The number of hydrogen-bond donors (Lipinski definition) is 2. The first kappa shape index (κ1) is 11.9. The molecule has 0 bridgehead atoms. The maximum Gasteiger partial charge on any atom is 0.253 e. The van der Waals surface area contributed by atoms with Gasteiger partial charge in [0.1, 0.15) is 5.15 Å². The number of nitrogens with two attached hydrogens (primary N) is 1. The maximum absolute atomic E-state index is 11.8. The molecule has 1 amide bonds. The van der Waals surface area contributed by atoms with Gasteiger partial charge in [0.25, 0.3) is 5.91 Å². The first-order chi connectivity index (χ1) is 8.16. The van der Waals surface area contributed by atoms with Gasteiger partial charge in [-0.15, -0.1) is 0 Å². The Bertz CT molecular complexity index is 528. The first-order valence-corrected chi connectivity index (χ1v) is 6.19. The van der Waals surface area contributed by atoms with Crippen LogP contribution in [0.15, 0.2) is 29.1 Å². The molecule has 2 rings (SSSR count). The van der Waals surface area contributed by atoms with E-state index in [4.69, 9.17) is 17.3 Å². The summed E-state index contributed by atoms with van der Waals surface area (Å²) in [5.41, 5.74) is 7.38. The zero-order valence-electron chi connectivity index (χ0n) is 8.81. The molecule has 0 radical (unpaired) electrons. The average Bonchev–Trinajstić information content (AvgIpc) is 2.82. The van der Waals surface area contributed by atoms with Crippen LogP contribution in [0.25, 0.3) is 0 Å². The molecule has 0 saturated heterocycles. The highest BCUT2D eigenvalue weighted by molar-refractivity contribution is 7.07. The van der Waals surface area contributed by atoms with Gasteiger partial charge in [0, 0.05) is 6.54 Å². The van der Waals surface area contributed by atoms with Crippen molar-refractivity contribution in [2.45, 2.75) is 6.54 Å². The predicted molar refractivity (Wildman–Crippen MR) is 69.1 cm³/mol. The van der Waals surface area contributed by atoms with Gasteiger partial charge in [-0.3, -0.25) is 4.79 Å². The van der Waals surface area contributed by atoms with E-state index >= 15 is 0 Å². The summed E-state index contributed by atoms with van der Waals surface area (Å²) >= 11 is 7.30. The van der Waals surface area contributed by atoms with Crippen molar-refractivity contribution in [3.05, 3.63) is 45.4 Å². The molecule has 88 valence electrons. The fourth-order valence-corrected chi connectivity index (χ4v) is 2.13. The molecule has 4 nitrogen and oxygen atoms in total. The van der Waals surface area contributed by atoms with Crippen LogP contribution in [0.2, 0.25) is 5.15 Å². The number of halogens is 1. The van der Waals surface area contributed by atoms with Crippen LogP contribution in [0.1, 0.15) is 15.9 Å². The molecule has 2 heterocycles. The number of carbonyl (C=O) groups is 1. The Morgan fingerprint density at radius 2 is 2.41 bits per heavy atom. The Hall–Kier alpha value is -1.59. The van der Waals surface area contributed by atoms with Crippen LogP contribution in [0.4, 0.5) is 5.69 Å². The predicted octanol–water partition coefficient (Wildman–Crippen LogP) is 2.31. The van der Waals surface area contributed by atoms with Crippen molar-refractivity contribution >= 4 is 34.5 Å². The topological polar surface area (TPSA) is 68.0 Å². The lowest BCUT2D eigenvalue weighted by atomic mass is 10.2. The molecule has 3 N–H and O–H groups in total.